The Labute approximate surface area is 102 Å². The van der Waals surface area contributed by atoms with E-state index in [9.17, 15) is 4.79 Å². The molecule has 0 bridgehead atoms. The van der Waals surface area contributed by atoms with Gasteiger partial charge in [-0.15, -0.1) is 10.2 Å². The molecule has 0 aliphatic carbocycles. The van der Waals surface area contributed by atoms with E-state index in [-0.39, 0.29) is 23.3 Å². The lowest BCUT2D eigenvalue weighted by molar-refractivity contribution is 0.0944. The van der Waals surface area contributed by atoms with Crippen molar-refractivity contribution in [3.8, 4) is 0 Å². The summed E-state index contributed by atoms with van der Waals surface area (Å²) in [5, 5.41) is 10.4. The van der Waals surface area contributed by atoms with Gasteiger partial charge in [0.1, 0.15) is 17.2 Å². The van der Waals surface area contributed by atoms with Crippen molar-refractivity contribution in [2.45, 2.75) is 6.54 Å². The summed E-state index contributed by atoms with van der Waals surface area (Å²) in [7, 11) is 1.79. The van der Waals surface area contributed by atoms with Crippen molar-refractivity contribution in [3.63, 3.8) is 0 Å². The van der Waals surface area contributed by atoms with Crippen LogP contribution in [0.25, 0.3) is 0 Å². The number of hydrogen-bond acceptors (Lipinski definition) is 5. The smallest absolute Gasteiger partial charge is 0.271 e. The van der Waals surface area contributed by atoms with Gasteiger partial charge in [-0.1, -0.05) is 11.6 Å². The van der Waals surface area contributed by atoms with Gasteiger partial charge in [0.05, 0.1) is 18.9 Å². The standard InChI is InChI=1S/C9H9ClN6O/c1-16-5-13-15-8(16)4-12-9(17)6-2-11-3-7(10)14-6/h2-3,5H,4H2,1H3,(H,12,17). The Morgan fingerprint density at radius 1 is 1.53 bits per heavy atom. The van der Waals surface area contributed by atoms with Gasteiger partial charge in [-0.05, 0) is 0 Å². The summed E-state index contributed by atoms with van der Waals surface area (Å²) in [6, 6.07) is 0. The maximum Gasteiger partial charge on any atom is 0.271 e. The van der Waals surface area contributed by atoms with Crippen molar-refractivity contribution in [2.24, 2.45) is 7.05 Å². The van der Waals surface area contributed by atoms with E-state index in [1.165, 1.54) is 12.4 Å². The predicted molar refractivity (Wildman–Crippen MR) is 59.2 cm³/mol. The van der Waals surface area contributed by atoms with Crippen molar-refractivity contribution in [3.05, 3.63) is 35.4 Å². The highest BCUT2D eigenvalue weighted by atomic mass is 35.5. The Hall–Kier alpha value is -2.02. The Balaban J connectivity index is 2.01. The lowest BCUT2D eigenvalue weighted by Gasteiger charge is -2.03. The number of rotatable bonds is 3. The van der Waals surface area contributed by atoms with Crippen molar-refractivity contribution in [1.82, 2.24) is 30.0 Å². The van der Waals surface area contributed by atoms with Crippen molar-refractivity contribution in [1.29, 1.82) is 0 Å². The van der Waals surface area contributed by atoms with Crippen molar-refractivity contribution < 1.29 is 4.79 Å². The molecule has 0 spiro atoms. The summed E-state index contributed by atoms with van der Waals surface area (Å²) in [5.74, 6) is 0.288. The third kappa shape index (κ3) is 2.76. The molecule has 0 unspecified atom stereocenters. The molecule has 88 valence electrons. The fourth-order valence-corrected chi connectivity index (χ4v) is 1.32. The highest BCUT2D eigenvalue weighted by Crippen LogP contribution is 2.02. The van der Waals surface area contributed by atoms with Gasteiger partial charge >= 0.3 is 0 Å². The van der Waals surface area contributed by atoms with E-state index in [4.69, 9.17) is 11.6 Å². The quantitative estimate of drug-likeness (QED) is 0.843. The number of aryl methyl sites for hydroxylation is 1. The molecule has 0 saturated heterocycles. The van der Waals surface area contributed by atoms with Crippen LogP contribution in [-0.2, 0) is 13.6 Å². The molecule has 0 fully saturated rings. The van der Waals surface area contributed by atoms with E-state index < -0.39 is 0 Å². The first-order valence-electron chi connectivity index (χ1n) is 4.75. The minimum Gasteiger partial charge on any atom is -0.343 e. The van der Waals surface area contributed by atoms with Crippen LogP contribution in [0.2, 0.25) is 5.15 Å². The lowest BCUT2D eigenvalue weighted by Crippen LogP contribution is -2.25. The average molecular weight is 253 g/mol. The number of nitrogens with zero attached hydrogens (tertiary/aromatic N) is 5. The van der Waals surface area contributed by atoms with E-state index in [0.717, 1.165) is 0 Å². The van der Waals surface area contributed by atoms with Gasteiger partial charge in [0.25, 0.3) is 5.91 Å². The SMILES string of the molecule is Cn1cnnc1CNC(=O)c1cncc(Cl)n1. The lowest BCUT2D eigenvalue weighted by atomic mass is 10.4. The molecule has 2 aromatic rings. The van der Waals surface area contributed by atoms with Crippen LogP contribution in [-0.4, -0.2) is 30.6 Å². The molecule has 2 rings (SSSR count). The topological polar surface area (TPSA) is 85.6 Å². The van der Waals surface area contributed by atoms with Crippen LogP contribution in [0.3, 0.4) is 0 Å². The first-order chi connectivity index (χ1) is 8.16. The zero-order valence-electron chi connectivity index (χ0n) is 8.96. The number of aromatic nitrogens is 5. The molecule has 0 aliphatic rings. The Morgan fingerprint density at radius 2 is 2.35 bits per heavy atom. The van der Waals surface area contributed by atoms with Gasteiger partial charge in [-0.25, -0.2) is 4.98 Å². The molecule has 2 heterocycles. The number of carbonyl (C=O) groups excluding carboxylic acids is 1. The summed E-state index contributed by atoms with van der Waals surface area (Å²) in [4.78, 5) is 19.3. The molecule has 0 aromatic carbocycles. The molecular weight excluding hydrogens is 244 g/mol. The minimum absolute atomic E-state index is 0.166. The number of carbonyl (C=O) groups is 1. The zero-order chi connectivity index (χ0) is 12.3. The minimum atomic E-state index is -0.358. The van der Waals surface area contributed by atoms with Crippen LogP contribution in [0.15, 0.2) is 18.7 Å². The summed E-state index contributed by atoms with van der Waals surface area (Å²) in [6.45, 7) is 0.267. The molecule has 0 atom stereocenters. The second kappa shape index (κ2) is 4.88. The van der Waals surface area contributed by atoms with Gasteiger partial charge in [0.2, 0.25) is 0 Å². The Morgan fingerprint density at radius 3 is 3.00 bits per heavy atom. The molecule has 1 N–H and O–H groups in total. The molecule has 0 saturated carbocycles. The number of amides is 1. The van der Waals surface area contributed by atoms with E-state index in [2.05, 4.69) is 25.5 Å². The maximum absolute atomic E-state index is 11.7. The molecule has 0 radical (unpaired) electrons. The Bertz CT molecular complexity index is 540. The van der Waals surface area contributed by atoms with Crippen LogP contribution < -0.4 is 5.32 Å². The van der Waals surface area contributed by atoms with Gasteiger partial charge in [-0.2, -0.15) is 0 Å². The number of nitrogens with one attached hydrogen (secondary N) is 1. The fraction of sp³-hybridized carbons (Fsp3) is 0.222. The van der Waals surface area contributed by atoms with Gasteiger partial charge < -0.3 is 9.88 Å². The van der Waals surface area contributed by atoms with Crippen LogP contribution in [0.5, 0.6) is 0 Å². The molecule has 8 heteroatoms. The molecule has 0 aliphatic heterocycles. The van der Waals surface area contributed by atoms with Crippen molar-refractivity contribution >= 4 is 17.5 Å². The second-order valence-electron chi connectivity index (χ2n) is 3.27. The summed E-state index contributed by atoms with van der Waals surface area (Å²) < 4.78 is 1.71. The fourth-order valence-electron chi connectivity index (χ4n) is 1.17. The van der Waals surface area contributed by atoms with Crippen LogP contribution in [0.4, 0.5) is 0 Å². The third-order valence-electron chi connectivity index (χ3n) is 2.05. The van der Waals surface area contributed by atoms with E-state index >= 15 is 0 Å². The molecule has 2 aromatic heterocycles. The normalized spacial score (nSPS) is 10.2. The maximum atomic E-state index is 11.7. The van der Waals surface area contributed by atoms with Crippen LogP contribution in [0.1, 0.15) is 16.3 Å². The number of hydrogen-bond donors (Lipinski definition) is 1. The highest BCUT2D eigenvalue weighted by molar-refractivity contribution is 6.29. The van der Waals surface area contributed by atoms with Crippen LogP contribution >= 0.6 is 11.6 Å². The van der Waals surface area contributed by atoms with Gasteiger partial charge in [0, 0.05) is 7.05 Å². The summed E-state index contributed by atoms with van der Waals surface area (Å²) >= 11 is 5.63. The largest absolute Gasteiger partial charge is 0.343 e. The monoisotopic (exact) mass is 252 g/mol. The van der Waals surface area contributed by atoms with Gasteiger partial charge in [0.15, 0.2) is 5.82 Å². The Kier molecular flexibility index (Phi) is 3.29. The first-order valence-corrected chi connectivity index (χ1v) is 5.13. The first kappa shape index (κ1) is 11.5. The summed E-state index contributed by atoms with van der Waals surface area (Å²) in [5.41, 5.74) is 0.166. The van der Waals surface area contributed by atoms with E-state index in [0.29, 0.717) is 5.82 Å². The molecule has 17 heavy (non-hydrogen) atoms. The predicted octanol–water partition coefficient (Wildman–Crippen LogP) is 0.188. The third-order valence-corrected chi connectivity index (χ3v) is 2.23. The zero-order valence-corrected chi connectivity index (χ0v) is 9.72. The molecular formula is C9H9ClN6O. The van der Waals surface area contributed by atoms with Gasteiger partial charge in [-0.3, -0.25) is 9.78 Å². The average Bonchev–Trinajstić information content (AvgIpc) is 2.72. The van der Waals surface area contributed by atoms with Crippen LogP contribution in [0, 0.1) is 0 Å². The summed E-state index contributed by atoms with van der Waals surface area (Å²) in [6.07, 6.45) is 4.26. The van der Waals surface area contributed by atoms with E-state index in [1.54, 1.807) is 17.9 Å². The highest BCUT2D eigenvalue weighted by Gasteiger charge is 2.09. The number of halogens is 1. The van der Waals surface area contributed by atoms with E-state index in [1.807, 2.05) is 0 Å². The second-order valence-corrected chi connectivity index (χ2v) is 3.66. The molecule has 1 amide bonds. The van der Waals surface area contributed by atoms with Crippen molar-refractivity contribution in [2.75, 3.05) is 0 Å². The molecule has 7 nitrogen and oxygen atoms in total.